The van der Waals surface area contributed by atoms with E-state index in [1.807, 2.05) is 78.3 Å². The summed E-state index contributed by atoms with van der Waals surface area (Å²) in [7, 11) is 3.82. The lowest BCUT2D eigenvalue weighted by Crippen LogP contribution is -2.38. The number of imide groups is 1. The Morgan fingerprint density at radius 2 is 1.49 bits per heavy atom. The van der Waals surface area contributed by atoms with E-state index in [-0.39, 0.29) is 6.54 Å². The van der Waals surface area contributed by atoms with Crippen molar-refractivity contribution in [1.29, 1.82) is 0 Å². The number of alkyl halides is 1. The minimum absolute atomic E-state index is 0.0782. The van der Waals surface area contributed by atoms with Crippen molar-refractivity contribution in [2.24, 2.45) is 0 Å². The molecule has 0 fully saturated rings. The molecule has 8 heteroatoms. The summed E-state index contributed by atoms with van der Waals surface area (Å²) in [5.74, 6) is -0.850. The van der Waals surface area contributed by atoms with Crippen LogP contribution >= 0.6 is 0 Å². The summed E-state index contributed by atoms with van der Waals surface area (Å²) in [5.41, 5.74) is 3.80. The van der Waals surface area contributed by atoms with Gasteiger partial charge in [0.25, 0.3) is 11.8 Å². The molecule has 2 aliphatic rings. The molecule has 0 saturated heterocycles. The molecular weight excluding hydrogens is 471 g/mol. The van der Waals surface area contributed by atoms with Gasteiger partial charge in [-0.05, 0) is 32.6 Å². The van der Waals surface area contributed by atoms with Crippen LogP contribution in [0.3, 0.4) is 0 Å². The van der Waals surface area contributed by atoms with E-state index in [1.54, 1.807) is 6.20 Å². The molecule has 4 bridgehead atoms. The molecule has 0 radical (unpaired) electrons. The first kappa shape index (κ1) is 23.6. The maximum atomic E-state index is 15.8. The smallest absolute Gasteiger partial charge is 0.259 e. The van der Waals surface area contributed by atoms with Crippen molar-refractivity contribution < 1.29 is 18.7 Å². The van der Waals surface area contributed by atoms with Crippen molar-refractivity contribution in [1.82, 2.24) is 19.4 Å². The second-order valence-corrected chi connectivity index (χ2v) is 10.0. The number of nitrogens with one attached hydrogen (secondary N) is 1. The number of benzene rings is 2. The molecule has 2 atom stereocenters. The Labute approximate surface area is 214 Å². The molecule has 2 aromatic carbocycles. The van der Waals surface area contributed by atoms with Gasteiger partial charge in [0.1, 0.15) is 12.3 Å². The molecule has 37 heavy (non-hydrogen) atoms. The number of likely N-dealkylation sites (N-methyl/N-ethyl adjacent to an activating group) is 1. The fourth-order valence-corrected chi connectivity index (χ4v) is 5.60. The number of hydrogen-bond donors (Lipinski definition) is 1. The quantitative estimate of drug-likeness (QED) is 0.425. The number of nitrogens with zero attached hydrogens (tertiary/aromatic N) is 3. The van der Waals surface area contributed by atoms with E-state index in [0.29, 0.717) is 42.8 Å². The first-order valence-electron chi connectivity index (χ1n) is 12.6. The van der Waals surface area contributed by atoms with Crippen LogP contribution in [0.1, 0.15) is 17.5 Å². The van der Waals surface area contributed by atoms with E-state index in [1.165, 1.54) is 0 Å². The van der Waals surface area contributed by atoms with Crippen molar-refractivity contribution in [3.63, 3.8) is 0 Å². The topological polar surface area (TPSA) is 68.5 Å². The van der Waals surface area contributed by atoms with E-state index in [0.717, 1.165) is 27.4 Å². The van der Waals surface area contributed by atoms with E-state index in [2.05, 4.69) is 9.88 Å². The van der Waals surface area contributed by atoms with E-state index >= 15 is 4.39 Å². The van der Waals surface area contributed by atoms with E-state index < -0.39 is 24.1 Å². The normalized spacial score (nSPS) is 20.9. The Morgan fingerprint density at radius 3 is 2.11 bits per heavy atom. The number of hydrogen-bond acceptors (Lipinski definition) is 4. The zero-order chi connectivity index (χ0) is 25.7. The van der Waals surface area contributed by atoms with Crippen LogP contribution in [-0.2, 0) is 27.4 Å². The molecule has 6 rings (SSSR count). The Hall–Kier alpha value is -3.75. The standard InChI is InChI=1S/C29H29FN4O3/c1-32(2)17-25-22(30)16-34-15-21(19-9-4-6-11-24(19)34)27-26(28(35)31-29(27)36)20-14-33(12-7-13-37-25)23-10-5-3-8-18(20)23/h3-6,8-11,14-15,22,25H,7,12-13,16-17H2,1-2H3,(H,31,35,36)/t22-,25?/m0/s1. The highest BCUT2D eigenvalue weighted by Crippen LogP contribution is 2.39. The number of carbonyl (C=O) groups is 2. The van der Waals surface area contributed by atoms with Gasteiger partial charge in [-0.15, -0.1) is 0 Å². The minimum Gasteiger partial charge on any atom is -0.374 e. The number of ether oxygens (including phenoxy) is 1. The number of para-hydroxylation sites is 2. The summed E-state index contributed by atoms with van der Waals surface area (Å²) in [6.07, 6.45) is 2.57. The lowest BCUT2D eigenvalue weighted by Gasteiger charge is -2.25. The molecule has 4 heterocycles. The molecule has 4 aromatic rings. The van der Waals surface area contributed by atoms with E-state index in [9.17, 15) is 9.59 Å². The second kappa shape index (κ2) is 9.28. The van der Waals surface area contributed by atoms with Crippen LogP contribution in [0.15, 0.2) is 60.9 Å². The Morgan fingerprint density at radius 1 is 0.919 bits per heavy atom. The second-order valence-electron chi connectivity index (χ2n) is 10.0. The SMILES string of the molecule is CN(C)CC1OCCCn2cc(c3ccccc32)C2=C(C(=O)NC2=O)c2cn(c3ccccc23)C[C@@H]1F. The predicted octanol–water partition coefficient (Wildman–Crippen LogP) is 3.85. The zero-order valence-electron chi connectivity index (χ0n) is 20.9. The highest BCUT2D eigenvalue weighted by Gasteiger charge is 2.36. The lowest BCUT2D eigenvalue weighted by atomic mass is 9.95. The van der Waals surface area contributed by atoms with Gasteiger partial charge in [0.15, 0.2) is 0 Å². The fourth-order valence-electron chi connectivity index (χ4n) is 5.60. The van der Waals surface area contributed by atoms with Gasteiger partial charge in [-0.1, -0.05) is 36.4 Å². The third-order valence-corrected chi connectivity index (χ3v) is 7.24. The third-order valence-electron chi connectivity index (χ3n) is 7.24. The summed E-state index contributed by atoms with van der Waals surface area (Å²) in [4.78, 5) is 28.4. The van der Waals surface area contributed by atoms with Crippen molar-refractivity contribution in [3.8, 4) is 0 Å². The molecule has 0 aliphatic carbocycles. The monoisotopic (exact) mass is 500 g/mol. The average molecular weight is 501 g/mol. The van der Waals surface area contributed by atoms with Crippen LogP contribution in [0.4, 0.5) is 4.39 Å². The number of fused-ring (bicyclic) bond motifs is 12. The number of aromatic nitrogens is 2. The van der Waals surface area contributed by atoms with Crippen molar-refractivity contribution >= 4 is 44.8 Å². The van der Waals surface area contributed by atoms with Gasteiger partial charge in [0, 0.05) is 65.0 Å². The van der Waals surface area contributed by atoms with Gasteiger partial charge < -0.3 is 18.8 Å². The summed E-state index contributed by atoms with van der Waals surface area (Å²) in [5, 5.41) is 4.22. The number of amides is 2. The van der Waals surface area contributed by atoms with Crippen molar-refractivity contribution in [3.05, 3.63) is 72.1 Å². The third kappa shape index (κ3) is 4.06. The van der Waals surface area contributed by atoms with Gasteiger partial charge in [-0.25, -0.2) is 4.39 Å². The molecule has 1 N–H and O–H groups in total. The first-order chi connectivity index (χ1) is 17.9. The average Bonchev–Trinajstić information content (AvgIpc) is 3.51. The van der Waals surface area contributed by atoms with Crippen LogP contribution in [-0.4, -0.2) is 65.4 Å². The molecular formula is C29H29FN4O3. The van der Waals surface area contributed by atoms with Gasteiger partial charge in [-0.3, -0.25) is 14.9 Å². The summed E-state index contributed by atoms with van der Waals surface area (Å²) in [6.45, 7) is 1.58. The Bertz CT molecular complexity index is 1560. The molecule has 1 unspecified atom stereocenters. The number of carbonyl (C=O) groups excluding carboxylic acids is 2. The van der Waals surface area contributed by atoms with Gasteiger partial charge >= 0.3 is 0 Å². The largest absolute Gasteiger partial charge is 0.374 e. The zero-order valence-corrected chi connectivity index (χ0v) is 20.9. The highest BCUT2D eigenvalue weighted by atomic mass is 19.1. The van der Waals surface area contributed by atoms with Crippen LogP contribution in [0.5, 0.6) is 0 Å². The molecule has 2 aliphatic heterocycles. The van der Waals surface area contributed by atoms with Gasteiger partial charge in [0.05, 0.1) is 17.7 Å². The fraction of sp³-hybridized carbons (Fsp3) is 0.310. The summed E-state index contributed by atoms with van der Waals surface area (Å²) in [6, 6.07) is 15.5. The van der Waals surface area contributed by atoms with Crippen LogP contribution in [0.25, 0.3) is 33.0 Å². The predicted molar refractivity (Wildman–Crippen MR) is 142 cm³/mol. The molecule has 2 aromatic heterocycles. The van der Waals surface area contributed by atoms with E-state index in [4.69, 9.17) is 4.74 Å². The maximum absolute atomic E-state index is 15.8. The van der Waals surface area contributed by atoms with Gasteiger partial charge in [0.2, 0.25) is 0 Å². The number of halogens is 1. The van der Waals surface area contributed by atoms with Crippen LogP contribution in [0.2, 0.25) is 0 Å². The molecule has 2 amide bonds. The number of rotatable bonds is 2. The summed E-state index contributed by atoms with van der Waals surface area (Å²) < 4.78 is 25.8. The molecule has 0 spiro atoms. The number of aryl methyl sites for hydroxylation is 1. The Kier molecular flexibility index (Phi) is 5.93. The highest BCUT2D eigenvalue weighted by molar-refractivity contribution is 6.50. The molecule has 190 valence electrons. The molecule has 7 nitrogen and oxygen atoms in total. The Balaban J connectivity index is 1.61. The van der Waals surface area contributed by atoms with Crippen LogP contribution in [0, 0.1) is 0 Å². The van der Waals surface area contributed by atoms with Crippen molar-refractivity contribution in [2.45, 2.75) is 31.8 Å². The lowest BCUT2D eigenvalue weighted by molar-refractivity contribution is -0.122. The molecule has 0 saturated carbocycles. The minimum atomic E-state index is -1.26. The summed E-state index contributed by atoms with van der Waals surface area (Å²) >= 11 is 0. The maximum Gasteiger partial charge on any atom is 0.259 e. The van der Waals surface area contributed by atoms with Crippen LogP contribution < -0.4 is 5.32 Å². The van der Waals surface area contributed by atoms with Crippen molar-refractivity contribution in [2.75, 3.05) is 27.2 Å². The first-order valence-corrected chi connectivity index (χ1v) is 12.6. The van der Waals surface area contributed by atoms with Gasteiger partial charge in [-0.2, -0.15) is 0 Å².